The minimum absolute atomic E-state index is 0.0439. The standard InChI is InChI=1S/C20H30N2O2/c1-4-15(3)22-20(24)18-10-8-17(9-11-18)19(23)21-13-16-7-5-6-14(2)12-16/h5-7,12,15,17-18H,4,8-11,13H2,1-3H3,(H,21,23)(H,22,24). The number of carbonyl (C=O) groups excluding carboxylic acids is 2. The highest BCUT2D eigenvalue weighted by Gasteiger charge is 2.30. The van der Waals surface area contributed by atoms with E-state index in [1.807, 2.05) is 19.1 Å². The molecule has 2 rings (SSSR count). The molecule has 1 saturated carbocycles. The molecule has 1 fully saturated rings. The molecule has 24 heavy (non-hydrogen) atoms. The normalized spacial score (nSPS) is 21.8. The van der Waals surface area contributed by atoms with Crippen LogP contribution in [0.15, 0.2) is 24.3 Å². The molecule has 4 heteroatoms. The van der Waals surface area contributed by atoms with Gasteiger partial charge in [0.1, 0.15) is 0 Å². The van der Waals surface area contributed by atoms with E-state index in [9.17, 15) is 9.59 Å². The molecule has 1 aliphatic rings. The molecule has 0 bridgehead atoms. The summed E-state index contributed by atoms with van der Waals surface area (Å²) in [6, 6.07) is 8.42. The van der Waals surface area contributed by atoms with E-state index in [-0.39, 0.29) is 29.7 Å². The van der Waals surface area contributed by atoms with Crippen LogP contribution in [0.3, 0.4) is 0 Å². The van der Waals surface area contributed by atoms with Crippen LogP contribution >= 0.6 is 0 Å². The van der Waals surface area contributed by atoms with E-state index in [2.05, 4.69) is 36.6 Å². The molecule has 132 valence electrons. The molecule has 0 aromatic heterocycles. The van der Waals surface area contributed by atoms with Gasteiger partial charge >= 0.3 is 0 Å². The highest BCUT2D eigenvalue weighted by atomic mass is 16.2. The van der Waals surface area contributed by atoms with Crippen molar-refractivity contribution in [2.45, 2.75) is 65.5 Å². The lowest BCUT2D eigenvalue weighted by molar-refractivity contribution is -0.131. The number of amides is 2. The second-order valence-electron chi connectivity index (χ2n) is 7.07. The van der Waals surface area contributed by atoms with Gasteiger partial charge in [-0.15, -0.1) is 0 Å². The number of carbonyl (C=O) groups is 2. The molecule has 0 radical (unpaired) electrons. The Bertz CT molecular complexity index is 563. The van der Waals surface area contributed by atoms with E-state index in [0.717, 1.165) is 37.7 Å². The Kier molecular flexibility index (Phi) is 6.83. The van der Waals surface area contributed by atoms with Crippen LogP contribution < -0.4 is 10.6 Å². The molecule has 1 aliphatic carbocycles. The summed E-state index contributed by atoms with van der Waals surface area (Å²) in [6.45, 7) is 6.73. The quantitative estimate of drug-likeness (QED) is 0.840. The fourth-order valence-electron chi connectivity index (χ4n) is 3.24. The molecular formula is C20H30N2O2. The Labute approximate surface area is 145 Å². The molecule has 0 spiro atoms. The second-order valence-corrected chi connectivity index (χ2v) is 7.07. The van der Waals surface area contributed by atoms with Crippen molar-refractivity contribution in [2.24, 2.45) is 11.8 Å². The van der Waals surface area contributed by atoms with Gasteiger partial charge in [-0.25, -0.2) is 0 Å². The van der Waals surface area contributed by atoms with Gasteiger partial charge in [0.05, 0.1) is 0 Å². The number of rotatable bonds is 6. The van der Waals surface area contributed by atoms with E-state index in [1.165, 1.54) is 5.56 Å². The van der Waals surface area contributed by atoms with Crippen molar-refractivity contribution < 1.29 is 9.59 Å². The average molecular weight is 330 g/mol. The third kappa shape index (κ3) is 5.36. The van der Waals surface area contributed by atoms with Crippen LogP contribution in [0.5, 0.6) is 0 Å². The fourth-order valence-corrected chi connectivity index (χ4v) is 3.24. The summed E-state index contributed by atoms with van der Waals surface area (Å²) in [5.41, 5.74) is 2.33. The van der Waals surface area contributed by atoms with Gasteiger partial charge in [0.2, 0.25) is 11.8 Å². The maximum absolute atomic E-state index is 12.3. The minimum atomic E-state index is 0.0439. The number of nitrogens with one attached hydrogen (secondary N) is 2. The summed E-state index contributed by atoms with van der Waals surface area (Å²) in [7, 11) is 0. The van der Waals surface area contributed by atoms with Crippen molar-refractivity contribution in [3.63, 3.8) is 0 Å². The van der Waals surface area contributed by atoms with Crippen LogP contribution in [0.4, 0.5) is 0 Å². The van der Waals surface area contributed by atoms with Crippen LogP contribution in [0.2, 0.25) is 0 Å². The molecule has 1 unspecified atom stereocenters. The number of hydrogen-bond donors (Lipinski definition) is 2. The van der Waals surface area contributed by atoms with Crippen LogP contribution in [0.25, 0.3) is 0 Å². The first-order chi connectivity index (χ1) is 11.5. The van der Waals surface area contributed by atoms with Crippen molar-refractivity contribution >= 4 is 11.8 Å². The van der Waals surface area contributed by atoms with E-state index < -0.39 is 0 Å². The Morgan fingerprint density at radius 2 is 1.75 bits per heavy atom. The molecule has 0 heterocycles. The lowest BCUT2D eigenvalue weighted by Gasteiger charge is -2.28. The Balaban J connectivity index is 1.75. The lowest BCUT2D eigenvalue weighted by Crippen LogP contribution is -2.40. The smallest absolute Gasteiger partial charge is 0.223 e. The molecule has 1 atom stereocenters. The van der Waals surface area contributed by atoms with Gasteiger partial charge < -0.3 is 10.6 Å². The monoisotopic (exact) mass is 330 g/mol. The number of hydrogen-bond acceptors (Lipinski definition) is 2. The van der Waals surface area contributed by atoms with Crippen LogP contribution in [0, 0.1) is 18.8 Å². The maximum atomic E-state index is 12.3. The highest BCUT2D eigenvalue weighted by Crippen LogP contribution is 2.29. The Hall–Kier alpha value is -1.84. The first kappa shape index (κ1) is 18.5. The van der Waals surface area contributed by atoms with Crippen LogP contribution in [-0.4, -0.2) is 17.9 Å². The zero-order chi connectivity index (χ0) is 17.5. The Morgan fingerprint density at radius 1 is 1.12 bits per heavy atom. The average Bonchev–Trinajstić information content (AvgIpc) is 2.59. The molecule has 1 aromatic rings. The molecule has 0 aliphatic heterocycles. The molecular weight excluding hydrogens is 300 g/mol. The fraction of sp³-hybridized carbons (Fsp3) is 0.600. The predicted molar refractivity (Wildman–Crippen MR) is 96.4 cm³/mol. The largest absolute Gasteiger partial charge is 0.353 e. The summed E-state index contributed by atoms with van der Waals surface area (Å²) in [4.78, 5) is 24.5. The minimum Gasteiger partial charge on any atom is -0.353 e. The zero-order valence-corrected chi connectivity index (χ0v) is 15.1. The first-order valence-corrected chi connectivity index (χ1v) is 9.13. The van der Waals surface area contributed by atoms with Gasteiger partial charge in [0, 0.05) is 24.4 Å². The van der Waals surface area contributed by atoms with Crippen molar-refractivity contribution in [3.05, 3.63) is 35.4 Å². The van der Waals surface area contributed by atoms with E-state index in [4.69, 9.17) is 0 Å². The van der Waals surface area contributed by atoms with E-state index in [1.54, 1.807) is 0 Å². The number of aryl methyl sites for hydroxylation is 1. The molecule has 2 N–H and O–H groups in total. The topological polar surface area (TPSA) is 58.2 Å². The third-order valence-corrected chi connectivity index (χ3v) is 5.02. The maximum Gasteiger partial charge on any atom is 0.223 e. The van der Waals surface area contributed by atoms with Gasteiger partial charge in [0.15, 0.2) is 0 Å². The summed E-state index contributed by atoms with van der Waals surface area (Å²) in [5.74, 6) is 0.391. The zero-order valence-electron chi connectivity index (χ0n) is 15.1. The summed E-state index contributed by atoms with van der Waals surface area (Å²) in [6.07, 6.45) is 4.18. The number of benzene rings is 1. The summed E-state index contributed by atoms with van der Waals surface area (Å²) >= 11 is 0. The van der Waals surface area contributed by atoms with Gasteiger partial charge in [-0.3, -0.25) is 9.59 Å². The molecule has 0 saturated heterocycles. The SMILES string of the molecule is CCC(C)NC(=O)C1CCC(C(=O)NCc2cccc(C)c2)CC1. The third-order valence-electron chi connectivity index (χ3n) is 5.02. The van der Waals surface area contributed by atoms with E-state index in [0.29, 0.717) is 6.54 Å². The summed E-state index contributed by atoms with van der Waals surface area (Å²) < 4.78 is 0. The van der Waals surface area contributed by atoms with Crippen LogP contribution in [0.1, 0.15) is 57.1 Å². The van der Waals surface area contributed by atoms with Crippen molar-refractivity contribution in [1.29, 1.82) is 0 Å². The lowest BCUT2D eigenvalue weighted by atomic mass is 9.81. The van der Waals surface area contributed by atoms with Crippen molar-refractivity contribution in [2.75, 3.05) is 0 Å². The van der Waals surface area contributed by atoms with Gasteiger partial charge in [0.25, 0.3) is 0 Å². The Morgan fingerprint density at radius 3 is 2.33 bits per heavy atom. The van der Waals surface area contributed by atoms with Gasteiger partial charge in [-0.1, -0.05) is 36.8 Å². The van der Waals surface area contributed by atoms with Crippen molar-refractivity contribution in [3.8, 4) is 0 Å². The molecule has 1 aromatic carbocycles. The predicted octanol–water partition coefficient (Wildman–Crippen LogP) is 3.33. The molecule has 2 amide bonds. The van der Waals surface area contributed by atoms with Crippen molar-refractivity contribution in [1.82, 2.24) is 10.6 Å². The summed E-state index contributed by atoms with van der Waals surface area (Å²) in [5, 5.41) is 6.10. The van der Waals surface area contributed by atoms with Gasteiger partial charge in [-0.2, -0.15) is 0 Å². The van der Waals surface area contributed by atoms with Crippen LogP contribution in [-0.2, 0) is 16.1 Å². The first-order valence-electron chi connectivity index (χ1n) is 9.13. The van der Waals surface area contributed by atoms with Gasteiger partial charge in [-0.05, 0) is 51.5 Å². The highest BCUT2D eigenvalue weighted by molar-refractivity contribution is 5.81. The second kappa shape index (κ2) is 8.86. The molecule has 4 nitrogen and oxygen atoms in total. The van der Waals surface area contributed by atoms with E-state index >= 15 is 0 Å².